The molecule has 2 aliphatic rings. The Balaban J connectivity index is 1.48. The zero-order valence-electron chi connectivity index (χ0n) is 23.4. The molecule has 0 aromatic heterocycles. The third-order valence-corrected chi connectivity index (χ3v) is 7.34. The van der Waals surface area contributed by atoms with Gasteiger partial charge in [-0.2, -0.15) is 0 Å². The van der Waals surface area contributed by atoms with Crippen molar-refractivity contribution in [3.63, 3.8) is 0 Å². The third kappa shape index (κ3) is 5.22. The fraction of sp³-hybridized carbons (Fsp3) is 0.0857. The van der Waals surface area contributed by atoms with Crippen LogP contribution < -0.4 is 19.3 Å². The molecule has 2 aliphatic heterocycles. The molecule has 4 aromatic carbocycles. The fourth-order valence-corrected chi connectivity index (χ4v) is 5.25. The average Bonchev–Trinajstić information content (AvgIpc) is 3.52. The van der Waals surface area contributed by atoms with Crippen LogP contribution in [0.2, 0.25) is 0 Å². The van der Waals surface area contributed by atoms with Gasteiger partial charge in [0.25, 0.3) is 23.6 Å². The zero-order valence-corrected chi connectivity index (χ0v) is 23.4. The van der Waals surface area contributed by atoms with Crippen LogP contribution in [-0.4, -0.2) is 23.6 Å². The Labute approximate surface area is 248 Å². The number of ether oxygens (including phenoxy) is 2. The highest BCUT2D eigenvalue weighted by Crippen LogP contribution is 2.45. The smallest absolute Gasteiger partial charge is 0.258 e. The summed E-state index contributed by atoms with van der Waals surface area (Å²) in [5.41, 5.74) is 0.914. The Morgan fingerprint density at radius 3 is 1.16 bits per heavy atom. The maximum atomic E-state index is 12.9. The first-order chi connectivity index (χ1) is 20.7. The van der Waals surface area contributed by atoms with E-state index in [0.29, 0.717) is 45.5 Å². The molecular formula is C35H26N2O6. The van der Waals surface area contributed by atoms with Gasteiger partial charge in [0.2, 0.25) is 0 Å². The number of carbonyl (C=O) groups is 4. The topological polar surface area (TPSA) is 93.2 Å². The molecule has 0 atom stereocenters. The lowest BCUT2D eigenvalue weighted by atomic mass is 9.76. The lowest BCUT2D eigenvalue weighted by molar-refractivity contribution is -0.121. The van der Waals surface area contributed by atoms with E-state index >= 15 is 0 Å². The van der Waals surface area contributed by atoms with Gasteiger partial charge in [0.15, 0.2) is 0 Å². The molecule has 0 saturated heterocycles. The second kappa shape index (κ2) is 10.9. The molecule has 0 spiro atoms. The predicted molar refractivity (Wildman–Crippen MR) is 161 cm³/mol. The summed E-state index contributed by atoms with van der Waals surface area (Å²) < 4.78 is 12.1. The maximum absolute atomic E-state index is 12.9. The number of carbonyl (C=O) groups excluding carboxylic acids is 4. The highest BCUT2D eigenvalue weighted by molar-refractivity contribution is 6.29. The molecule has 0 fully saturated rings. The van der Waals surface area contributed by atoms with Crippen molar-refractivity contribution in [2.45, 2.75) is 19.3 Å². The van der Waals surface area contributed by atoms with E-state index in [2.05, 4.69) is 0 Å². The van der Waals surface area contributed by atoms with E-state index in [1.54, 1.807) is 60.7 Å². The van der Waals surface area contributed by atoms with Gasteiger partial charge in [0.05, 0.1) is 11.4 Å². The van der Waals surface area contributed by atoms with E-state index in [-0.39, 0.29) is 0 Å². The van der Waals surface area contributed by atoms with E-state index in [9.17, 15) is 19.2 Å². The molecule has 8 heteroatoms. The Morgan fingerprint density at radius 2 is 0.814 bits per heavy atom. The second-order valence-electron chi connectivity index (χ2n) is 10.5. The summed E-state index contributed by atoms with van der Waals surface area (Å²) in [7, 11) is 0. The molecule has 43 heavy (non-hydrogen) atoms. The average molecular weight is 571 g/mol. The van der Waals surface area contributed by atoms with E-state index in [1.165, 1.54) is 24.3 Å². The molecule has 0 bridgehead atoms. The highest BCUT2D eigenvalue weighted by Gasteiger charge is 2.38. The van der Waals surface area contributed by atoms with E-state index in [1.807, 2.05) is 50.2 Å². The lowest BCUT2D eigenvalue weighted by Gasteiger charge is -2.34. The van der Waals surface area contributed by atoms with Crippen LogP contribution in [0.1, 0.15) is 25.0 Å². The standard InChI is InChI=1S/C35H26N2O6/c1-35(2,27-15-13-25(42-23-9-5-3-6-10-23)21-29(27)36-31(38)17-18-32(36)39)28-16-14-26(43-24-11-7-4-8-12-24)22-30(28)37-33(40)19-20-34(37)41/h3-22H,1-2H3. The van der Waals surface area contributed by atoms with Crippen molar-refractivity contribution >= 4 is 35.0 Å². The Kier molecular flexibility index (Phi) is 6.95. The largest absolute Gasteiger partial charge is 0.457 e. The monoisotopic (exact) mass is 570 g/mol. The van der Waals surface area contributed by atoms with Gasteiger partial charge >= 0.3 is 0 Å². The Morgan fingerprint density at radius 1 is 0.465 bits per heavy atom. The van der Waals surface area contributed by atoms with Crippen LogP contribution in [-0.2, 0) is 24.6 Å². The van der Waals surface area contributed by atoms with Gasteiger partial charge in [-0.1, -0.05) is 62.4 Å². The summed E-state index contributed by atoms with van der Waals surface area (Å²) in [4.78, 5) is 53.8. The van der Waals surface area contributed by atoms with E-state index in [0.717, 1.165) is 9.80 Å². The number of hydrogen-bond acceptors (Lipinski definition) is 6. The first kappa shape index (κ1) is 27.4. The van der Waals surface area contributed by atoms with Crippen molar-refractivity contribution in [1.82, 2.24) is 0 Å². The van der Waals surface area contributed by atoms with Crippen LogP contribution >= 0.6 is 0 Å². The molecule has 212 valence electrons. The minimum atomic E-state index is -0.937. The quantitative estimate of drug-likeness (QED) is 0.226. The van der Waals surface area contributed by atoms with Crippen molar-refractivity contribution in [2.75, 3.05) is 9.80 Å². The molecule has 0 aliphatic carbocycles. The fourth-order valence-electron chi connectivity index (χ4n) is 5.25. The van der Waals surface area contributed by atoms with Gasteiger partial charge < -0.3 is 9.47 Å². The SMILES string of the molecule is CC(C)(c1ccc(Oc2ccccc2)cc1N1C(=O)C=CC1=O)c1ccc(Oc2ccccc2)cc1N1C(=O)C=CC1=O. The molecule has 0 saturated carbocycles. The van der Waals surface area contributed by atoms with Crippen molar-refractivity contribution in [2.24, 2.45) is 0 Å². The number of hydrogen-bond donors (Lipinski definition) is 0. The molecular weight excluding hydrogens is 544 g/mol. The molecule has 6 rings (SSSR count). The number of amides is 4. The minimum absolute atomic E-state index is 0.325. The van der Waals surface area contributed by atoms with Crippen LogP contribution in [0.4, 0.5) is 11.4 Å². The molecule has 8 nitrogen and oxygen atoms in total. The normalized spacial score (nSPS) is 14.7. The number of nitrogens with zero attached hydrogens (tertiary/aromatic N) is 2. The minimum Gasteiger partial charge on any atom is -0.457 e. The first-order valence-electron chi connectivity index (χ1n) is 13.6. The van der Waals surface area contributed by atoms with Crippen molar-refractivity contribution in [3.8, 4) is 23.0 Å². The maximum Gasteiger partial charge on any atom is 0.258 e. The lowest BCUT2D eigenvalue weighted by Crippen LogP contribution is -2.35. The van der Waals surface area contributed by atoms with Crippen molar-refractivity contribution in [1.29, 1.82) is 0 Å². The Hall–Kier alpha value is -5.76. The number of benzene rings is 4. The van der Waals surface area contributed by atoms with Gasteiger partial charge in [-0.3, -0.25) is 19.2 Å². The van der Waals surface area contributed by atoms with Gasteiger partial charge in [-0.15, -0.1) is 0 Å². The first-order valence-corrected chi connectivity index (χ1v) is 13.6. The summed E-state index contributed by atoms with van der Waals surface area (Å²) in [6.07, 6.45) is 4.88. The van der Waals surface area contributed by atoms with Gasteiger partial charge in [-0.25, -0.2) is 9.80 Å². The van der Waals surface area contributed by atoms with Crippen molar-refractivity contribution in [3.05, 3.63) is 132 Å². The number of anilines is 2. The van der Waals surface area contributed by atoms with Crippen LogP contribution in [0.5, 0.6) is 23.0 Å². The van der Waals surface area contributed by atoms with Crippen LogP contribution in [0.15, 0.2) is 121 Å². The number of rotatable bonds is 8. The van der Waals surface area contributed by atoms with E-state index in [4.69, 9.17) is 9.47 Å². The summed E-state index contributed by atoms with van der Waals surface area (Å²) in [5.74, 6) is 0.0859. The number of para-hydroxylation sites is 2. The molecule has 2 heterocycles. The molecule has 0 N–H and O–H groups in total. The van der Waals surface area contributed by atoms with Gasteiger partial charge in [-0.05, 0) is 47.5 Å². The molecule has 4 aromatic rings. The van der Waals surface area contributed by atoms with Gasteiger partial charge in [0.1, 0.15) is 23.0 Å². The Bertz CT molecular complexity index is 1660. The summed E-state index contributed by atoms with van der Waals surface area (Å²) in [6, 6.07) is 28.7. The zero-order chi connectivity index (χ0) is 30.1. The van der Waals surface area contributed by atoms with E-state index < -0.39 is 29.0 Å². The summed E-state index contributed by atoms with van der Waals surface area (Å²) in [5, 5.41) is 0. The molecule has 0 radical (unpaired) electrons. The van der Waals surface area contributed by atoms with Gasteiger partial charge in [0, 0.05) is 41.9 Å². The highest BCUT2D eigenvalue weighted by atomic mass is 16.5. The van der Waals surface area contributed by atoms with Crippen LogP contribution in [0.3, 0.4) is 0 Å². The molecule has 0 unspecified atom stereocenters. The van der Waals surface area contributed by atoms with Crippen molar-refractivity contribution < 1.29 is 28.7 Å². The van der Waals surface area contributed by atoms with Crippen LogP contribution in [0, 0.1) is 0 Å². The van der Waals surface area contributed by atoms with Crippen LogP contribution in [0.25, 0.3) is 0 Å². The second-order valence-corrected chi connectivity index (χ2v) is 10.5. The molecule has 4 amide bonds. The summed E-state index contributed by atoms with van der Waals surface area (Å²) >= 11 is 0. The number of imide groups is 2. The predicted octanol–water partition coefficient (Wildman–Crippen LogP) is 6.46. The summed E-state index contributed by atoms with van der Waals surface area (Å²) in [6.45, 7) is 3.80. The third-order valence-electron chi connectivity index (χ3n) is 7.34.